The summed E-state index contributed by atoms with van der Waals surface area (Å²) in [5, 5.41) is 10.2. The van der Waals surface area contributed by atoms with Crippen LogP contribution in [0.25, 0.3) is 0 Å². The van der Waals surface area contributed by atoms with Crippen molar-refractivity contribution in [1.82, 2.24) is 25.0 Å². The molecule has 0 aromatic carbocycles. The third-order valence-electron chi connectivity index (χ3n) is 5.26. The van der Waals surface area contributed by atoms with E-state index in [1.54, 1.807) is 35.3 Å². The van der Waals surface area contributed by atoms with Crippen LogP contribution in [0.5, 0.6) is 0 Å². The Morgan fingerprint density at radius 2 is 2.36 bits per heavy atom. The van der Waals surface area contributed by atoms with E-state index in [2.05, 4.69) is 20.3 Å². The van der Waals surface area contributed by atoms with Crippen LogP contribution in [0.1, 0.15) is 28.3 Å². The maximum absolute atomic E-state index is 12.2. The number of carbonyl (C=O) groups excluding carboxylic acids is 1. The van der Waals surface area contributed by atoms with Crippen LogP contribution in [0.4, 0.5) is 0 Å². The first kappa shape index (κ1) is 16.7. The second-order valence-corrected chi connectivity index (χ2v) is 7.83. The quantitative estimate of drug-likeness (QED) is 0.839. The molecule has 1 spiro atoms. The molecule has 1 atom stereocenters. The number of nitrogens with zero attached hydrogens (tertiary/aromatic N) is 4. The van der Waals surface area contributed by atoms with Gasteiger partial charge in [-0.2, -0.15) is 5.10 Å². The van der Waals surface area contributed by atoms with Gasteiger partial charge in [-0.25, -0.2) is 4.98 Å². The maximum Gasteiger partial charge on any atom is 0.269 e. The van der Waals surface area contributed by atoms with Crippen molar-refractivity contribution in [2.24, 2.45) is 13.0 Å². The normalized spacial score (nSPS) is 22.2. The number of aromatic nitrogens is 3. The van der Waals surface area contributed by atoms with E-state index in [0.29, 0.717) is 18.2 Å². The van der Waals surface area contributed by atoms with Crippen LogP contribution in [0.15, 0.2) is 23.8 Å². The van der Waals surface area contributed by atoms with E-state index in [-0.39, 0.29) is 11.5 Å². The summed E-state index contributed by atoms with van der Waals surface area (Å²) >= 11 is 1.70. The number of carbonyl (C=O) groups is 1. The minimum atomic E-state index is -0.0630. The second-order valence-electron chi connectivity index (χ2n) is 6.85. The van der Waals surface area contributed by atoms with Crippen LogP contribution in [0.3, 0.4) is 0 Å². The molecular weight excluding hydrogens is 338 g/mol. The van der Waals surface area contributed by atoms with Crippen molar-refractivity contribution in [3.8, 4) is 0 Å². The van der Waals surface area contributed by atoms with Gasteiger partial charge in [-0.3, -0.25) is 14.4 Å². The Labute approximate surface area is 151 Å². The largest absolute Gasteiger partial charge is 0.372 e. The molecule has 4 heterocycles. The molecule has 134 valence electrons. The second kappa shape index (κ2) is 6.86. The molecule has 2 aliphatic heterocycles. The Bertz CT molecular complexity index is 723. The molecule has 4 rings (SSSR count). The van der Waals surface area contributed by atoms with E-state index in [1.165, 1.54) is 0 Å². The third-order valence-corrected chi connectivity index (χ3v) is 6.02. The van der Waals surface area contributed by atoms with Crippen molar-refractivity contribution < 1.29 is 9.53 Å². The minimum Gasteiger partial charge on any atom is -0.372 e. The van der Waals surface area contributed by atoms with E-state index in [9.17, 15) is 4.79 Å². The van der Waals surface area contributed by atoms with E-state index in [1.807, 2.05) is 11.6 Å². The fourth-order valence-electron chi connectivity index (χ4n) is 3.93. The van der Waals surface area contributed by atoms with Crippen molar-refractivity contribution in [2.45, 2.75) is 25.0 Å². The predicted octanol–water partition coefficient (Wildman–Crippen LogP) is 1.29. The summed E-state index contributed by atoms with van der Waals surface area (Å²) in [5.41, 5.74) is 0.574. The number of amides is 1. The first-order valence-electron chi connectivity index (χ1n) is 8.67. The van der Waals surface area contributed by atoms with E-state index < -0.39 is 0 Å². The number of aryl methyl sites for hydroxylation is 1. The van der Waals surface area contributed by atoms with Crippen molar-refractivity contribution in [2.75, 3.05) is 26.2 Å². The van der Waals surface area contributed by atoms with Gasteiger partial charge in [-0.1, -0.05) is 0 Å². The van der Waals surface area contributed by atoms with Crippen LogP contribution in [-0.2, 0) is 18.3 Å². The number of hydrogen-bond donors (Lipinski definition) is 1. The molecule has 1 N–H and O–H groups in total. The molecule has 7 nitrogen and oxygen atoms in total. The highest BCUT2D eigenvalue weighted by Gasteiger charge is 2.52. The van der Waals surface area contributed by atoms with Crippen LogP contribution in [-0.4, -0.2) is 57.4 Å². The smallest absolute Gasteiger partial charge is 0.269 e. The zero-order chi connectivity index (χ0) is 17.3. The molecule has 0 aliphatic carbocycles. The van der Waals surface area contributed by atoms with Gasteiger partial charge in [0.1, 0.15) is 10.7 Å². The summed E-state index contributed by atoms with van der Waals surface area (Å²) in [6.07, 6.45) is 5.52. The standard InChI is InChI=1S/C17H23N5O2S/c1-21-14(3-6-20-21)16(23)19-5-2-13-4-8-24-17(13)11-22(12-17)10-15-18-7-9-25-15/h3,6-7,9,13H,2,4-5,8,10-12H2,1H3,(H,19,23)/t13-/m1/s1. The van der Waals surface area contributed by atoms with Crippen LogP contribution in [0.2, 0.25) is 0 Å². The molecule has 2 aliphatic rings. The van der Waals surface area contributed by atoms with Gasteiger partial charge in [0.25, 0.3) is 5.91 Å². The summed E-state index contributed by atoms with van der Waals surface area (Å²) in [4.78, 5) is 18.9. The molecule has 2 fully saturated rings. The lowest BCUT2D eigenvalue weighted by molar-refractivity contribution is -0.136. The van der Waals surface area contributed by atoms with Gasteiger partial charge in [0.2, 0.25) is 0 Å². The van der Waals surface area contributed by atoms with Gasteiger partial charge >= 0.3 is 0 Å². The monoisotopic (exact) mass is 361 g/mol. The molecule has 2 aromatic rings. The first-order valence-corrected chi connectivity index (χ1v) is 9.55. The molecule has 0 bridgehead atoms. The van der Waals surface area contributed by atoms with Crippen molar-refractivity contribution in [3.63, 3.8) is 0 Å². The molecule has 25 heavy (non-hydrogen) atoms. The average molecular weight is 361 g/mol. The molecule has 2 aromatic heterocycles. The number of nitrogens with one attached hydrogen (secondary N) is 1. The van der Waals surface area contributed by atoms with E-state index in [0.717, 1.165) is 44.1 Å². The number of ether oxygens (including phenoxy) is 1. The average Bonchev–Trinajstić information content (AvgIpc) is 3.28. The van der Waals surface area contributed by atoms with Crippen LogP contribution < -0.4 is 5.32 Å². The van der Waals surface area contributed by atoms with Gasteiger partial charge < -0.3 is 10.1 Å². The number of hydrogen-bond acceptors (Lipinski definition) is 6. The van der Waals surface area contributed by atoms with Crippen molar-refractivity contribution in [1.29, 1.82) is 0 Å². The molecule has 0 radical (unpaired) electrons. The summed E-state index contributed by atoms with van der Waals surface area (Å²) in [5.74, 6) is 0.443. The lowest BCUT2D eigenvalue weighted by atomic mass is 9.79. The van der Waals surface area contributed by atoms with Gasteiger partial charge in [-0.15, -0.1) is 11.3 Å². The lowest BCUT2D eigenvalue weighted by Gasteiger charge is -2.50. The van der Waals surface area contributed by atoms with Gasteiger partial charge in [-0.05, 0) is 24.8 Å². The molecule has 2 saturated heterocycles. The first-order chi connectivity index (χ1) is 12.2. The summed E-state index contributed by atoms with van der Waals surface area (Å²) in [6, 6.07) is 1.73. The Morgan fingerprint density at radius 3 is 3.08 bits per heavy atom. The fourth-order valence-corrected chi connectivity index (χ4v) is 4.59. The van der Waals surface area contributed by atoms with Crippen LogP contribution in [0, 0.1) is 5.92 Å². The Hall–Kier alpha value is -1.77. The molecule has 8 heteroatoms. The molecule has 0 saturated carbocycles. The van der Waals surface area contributed by atoms with Crippen molar-refractivity contribution >= 4 is 17.2 Å². The SMILES string of the molecule is Cn1nccc1C(=O)NCC[C@@H]1CCOC12CN(Cc1nccs1)C2. The molecule has 0 unspecified atom stereocenters. The molecule has 1 amide bonds. The Balaban J connectivity index is 1.25. The predicted molar refractivity (Wildman–Crippen MR) is 94.3 cm³/mol. The lowest BCUT2D eigenvalue weighted by Crippen LogP contribution is -2.64. The highest BCUT2D eigenvalue weighted by Crippen LogP contribution is 2.42. The Kier molecular flexibility index (Phi) is 4.58. The van der Waals surface area contributed by atoms with Crippen molar-refractivity contribution in [3.05, 3.63) is 34.5 Å². The fraction of sp³-hybridized carbons (Fsp3) is 0.588. The highest BCUT2D eigenvalue weighted by molar-refractivity contribution is 7.09. The zero-order valence-corrected chi connectivity index (χ0v) is 15.2. The van der Waals surface area contributed by atoms with Crippen LogP contribution >= 0.6 is 11.3 Å². The number of rotatable bonds is 6. The third kappa shape index (κ3) is 3.33. The number of likely N-dealkylation sites (tertiary alicyclic amines) is 1. The van der Waals surface area contributed by atoms with E-state index in [4.69, 9.17) is 4.74 Å². The highest BCUT2D eigenvalue weighted by atomic mass is 32.1. The summed E-state index contributed by atoms with van der Waals surface area (Å²) < 4.78 is 7.70. The summed E-state index contributed by atoms with van der Waals surface area (Å²) in [7, 11) is 1.78. The van der Waals surface area contributed by atoms with Gasteiger partial charge in [0.15, 0.2) is 0 Å². The van der Waals surface area contributed by atoms with E-state index >= 15 is 0 Å². The van der Waals surface area contributed by atoms with Gasteiger partial charge in [0.05, 0.1) is 12.1 Å². The topological polar surface area (TPSA) is 72.3 Å². The molecular formula is C17H23N5O2S. The Morgan fingerprint density at radius 1 is 1.48 bits per heavy atom. The summed E-state index contributed by atoms with van der Waals surface area (Å²) in [6.45, 7) is 4.34. The maximum atomic E-state index is 12.2. The zero-order valence-electron chi connectivity index (χ0n) is 14.4. The van der Waals surface area contributed by atoms with Gasteiger partial charge in [0, 0.05) is 51.1 Å². The minimum absolute atomic E-state index is 0.0193. The number of thiazole rings is 1.